The first-order valence-electron chi connectivity index (χ1n) is 9.54. The maximum absolute atomic E-state index is 12.7. The molecule has 0 aromatic rings. The highest BCUT2D eigenvalue weighted by molar-refractivity contribution is 5.94. The summed E-state index contributed by atoms with van der Waals surface area (Å²) >= 11 is 0. The number of aliphatic hydroxyl groups is 2. The molecule has 11 N–H and O–H groups in total. The van der Waals surface area contributed by atoms with Crippen LogP contribution in [-0.4, -0.2) is 93.5 Å². The molecule has 0 aromatic heterocycles. The van der Waals surface area contributed by atoms with Gasteiger partial charge in [0, 0.05) is 0 Å². The summed E-state index contributed by atoms with van der Waals surface area (Å²) < 4.78 is 0. The van der Waals surface area contributed by atoms with Crippen LogP contribution in [0.2, 0.25) is 0 Å². The number of carboxylic acid groups (broad SMARTS) is 2. The molecule has 0 spiro atoms. The molecule has 0 fully saturated rings. The van der Waals surface area contributed by atoms with Crippen LogP contribution in [0.15, 0.2) is 0 Å². The minimum absolute atomic E-state index is 0.0805. The topological polar surface area (TPSA) is 254 Å². The zero-order chi connectivity index (χ0) is 24.1. The molecule has 3 amide bonds. The van der Waals surface area contributed by atoms with Gasteiger partial charge in [0.15, 0.2) is 0 Å². The maximum Gasteiger partial charge on any atom is 0.328 e. The first-order valence-corrected chi connectivity index (χ1v) is 9.54. The second kappa shape index (κ2) is 14.2. The highest BCUT2D eigenvalue weighted by Gasteiger charge is 2.32. The number of carbonyl (C=O) groups is 5. The molecule has 0 rings (SSSR count). The number of nitrogens with one attached hydrogen (secondary N) is 3. The van der Waals surface area contributed by atoms with E-state index in [2.05, 4.69) is 10.6 Å². The number of hydrogen-bond acceptors (Lipinski definition) is 9. The van der Waals surface area contributed by atoms with Gasteiger partial charge in [0.25, 0.3) is 0 Å². The first-order chi connectivity index (χ1) is 14.4. The van der Waals surface area contributed by atoms with Crippen LogP contribution < -0.4 is 27.4 Å². The molecule has 178 valence electrons. The summed E-state index contributed by atoms with van der Waals surface area (Å²) in [7, 11) is 0. The third kappa shape index (κ3) is 10.7. The van der Waals surface area contributed by atoms with E-state index in [-0.39, 0.29) is 6.42 Å². The van der Waals surface area contributed by atoms with Crippen molar-refractivity contribution in [3.05, 3.63) is 0 Å². The number of aliphatic hydroxyl groups excluding tert-OH is 2. The van der Waals surface area contributed by atoms with E-state index >= 15 is 0 Å². The molecule has 0 aromatic carbocycles. The fourth-order valence-corrected chi connectivity index (χ4v) is 2.43. The summed E-state index contributed by atoms with van der Waals surface area (Å²) in [6.07, 6.45) is -1.12. The van der Waals surface area contributed by atoms with Gasteiger partial charge in [-0.1, -0.05) is 0 Å². The minimum atomic E-state index is -1.65. The van der Waals surface area contributed by atoms with E-state index in [4.69, 9.17) is 26.8 Å². The van der Waals surface area contributed by atoms with E-state index in [1.165, 1.54) is 6.92 Å². The molecule has 5 unspecified atom stereocenters. The Kier molecular flexibility index (Phi) is 12.9. The van der Waals surface area contributed by atoms with E-state index < -0.39 is 73.0 Å². The normalized spacial score (nSPS) is 15.6. The van der Waals surface area contributed by atoms with Gasteiger partial charge < -0.3 is 47.8 Å². The Hall–Kier alpha value is -2.81. The number of amides is 3. The number of rotatable bonds is 15. The number of carbonyl (C=O) groups excluding carboxylic acids is 3. The Morgan fingerprint density at radius 2 is 1.48 bits per heavy atom. The number of aliphatic carboxylic acids is 2. The standard InChI is InChI=1S/C17H31N5O9/c1-8(24)13(16(29)21-11(7-23)17(30)31)22-15(28)10(4-2-3-5-18)20-14(27)9(19)6-12(25)26/h8-11,13,23-24H,2-7,18-19H2,1H3,(H,20,27)(H,21,29)(H,22,28)(H,25,26)(H,30,31). The van der Waals surface area contributed by atoms with Crippen LogP contribution in [0.3, 0.4) is 0 Å². The Labute approximate surface area is 178 Å². The van der Waals surface area contributed by atoms with Gasteiger partial charge in [0.1, 0.15) is 18.1 Å². The van der Waals surface area contributed by atoms with Crippen molar-refractivity contribution < 1.29 is 44.4 Å². The SMILES string of the molecule is CC(O)C(NC(=O)C(CCCCN)NC(=O)C(N)CC(=O)O)C(=O)NC(CO)C(=O)O. The second-order valence-corrected chi connectivity index (χ2v) is 6.86. The molecule has 0 aliphatic heterocycles. The summed E-state index contributed by atoms with van der Waals surface area (Å²) in [6, 6.07) is -5.89. The van der Waals surface area contributed by atoms with Crippen molar-refractivity contribution in [1.82, 2.24) is 16.0 Å². The van der Waals surface area contributed by atoms with Gasteiger partial charge in [0.2, 0.25) is 17.7 Å². The van der Waals surface area contributed by atoms with E-state index in [1.54, 1.807) is 0 Å². The molecule has 0 heterocycles. The summed E-state index contributed by atoms with van der Waals surface area (Å²) in [4.78, 5) is 58.7. The number of nitrogens with two attached hydrogens (primary N) is 2. The Bertz CT molecular complexity index is 643. The average Bonchev–Trinajstić information content (AvgIpc) is 2.67. The zero-order valence-electron chi connectivity index (χ0n) is 17.1. The van der Waals surface area contributed by atoms with Crippen molar-refractivity contribution in [1.29, 1.82) is 0 Å². The van der Waals surface area contributed by atoms with Crippen molar-refractivity contribution >= 4 is 29.7 Å². The fraction of sp³-hybridized carbons (Fsp3) is 0.706. The molecule has 14 heteroatoms. The van der Waals surface area contributed by atoms with Gasteiger partial charge >= 0.3 is 11.9 Å². The Morgan fingerprint density at radius 1 is 0.903 bits per heavy atom. The van der Waals surface area contributed by atoms with Gasteiger partial charge in [-0.3, -0.25) is 19.2 Å². The van der Waals surface area contributed by atoms with Crippen molar-refractivity contribution in [2.45, 2.75) is 62.9 Å². The first kappa shape index (κ1) is 28.2. The van der Waals surface area contributed by atoms with Crippen LogP contribution in [-0.2, 0) is 24.0 Å². The smallest absolute Gasteiger partial charge is 0.328 e. The molecule has 5 atom stereocenters. The fourth-order valence-electron chi connectivity index (χ4n) is 2.43. The van der Waals surface area contributed by atoms with Gasteiger partial charge in [-0.15, -0.1) is 0 Å². The van der Waals surface area contributed by atoms with Gasteiger partial charge in [-0.25, -0.2) is 4.79 Å². The lowest BCUT2D eigenvalue weighted by atomic mass is 10.1. The molecular weight excluding hydrogens is 418 g/mol. The van der Waals surface area contributed by atoms with Crippen LogP contribution in [0.5, 0.6) is 0 Å². The highest BCUT2D eigenvalue weighted by atomic mass is 16.4. The lowest BCUT2D eigenvalue weighted by molar-refractivity contribution is -0.144. The molecule has 0 aliphatic rings. The summed E-state index contributed by atoms with van der Waals surface area (Å²) in [5, 5.41) is 43.0. The van der Waals surface area contributed by atoms with Gasteiger partial charge in [-0.2, -0.15) is 0 Å². The molecule has 31 heavy (non-hydrogen) atoms. The Morgan fingerprint density at radius 3 is 1.94 bits per heavy atom. The Balaban J connectivity index is 5.35. The molecule has 0 bridgehead atoms. The van der Waals surface area contributed by atoms with Crippen molar-refractivity contribution in [3.8, 4) is 0 Å². The molecule has 0 saturated heterocycles. The average molecular weight is 449 g/mol. The van der Waals surface area contributed by atoms with E-state index in [0.29, 0.717) is 19.4 Å². The van der Waals surface area contributed by atoms with Crippen LogP contribution in [0.1, 0.15) is 32.6 Å². The van der Waals surface area contributed by atoms with Crippen molar-refractivity contribution in [2.24, 2.45) is 11.5 Å². The summed E-state index contributed by atoms with van der Waals surface area (Å²) in [5.41, 5.74) is 10.9. The molecule has 0 aliphatic carbocycles. The lowest BCUT2D eigenvalue weighted by Gasteiger charge is -2.26. The van der Waals surface area contributed by atoms with Gasteiger partial charge in [-0.05, 0) is 32.7 Å². The molecule has 14 nitrogen and oxygen atoms in total. The minimum Gasteiger partial charge on any atom is -0.481 e. The lowest BCUT2D eigenvalue weighted by Crippen LogP contribution is -2.60. The maximum atomic E-state index is 12.7. The quantitative estimate of drug-likeness (QED) is 0.108. The molecule has 0 radical (unpaired) electrons. The number of carboxylic acids is 2. The molecule has 0 saturated carbocycles. The van der Waals surface area contributed by atoms with Crippen LogP contribution in [0, 0.1) is 0 Å². The van der Waals surface area contributed by atoms with E-state index in [1.807, 2.05) is 5.32 Å². The largest absolute Gasteiger partial charge is 0.481 e. The van der Waals surface area contributed by atoms with Crippen LogP contribution in [0.4, 0.5) is 0 Å². The van der Waals surface area contributed by atoms with Crippen LogP contribution >= 0.6 is 0 Å². The zero-order valence-corrected chi connectivity index (χ0v) is 17.1. The monoisotopic (exact) mass is 449 g/mol. The summed E-state index contributed by atoms with van der Waals surface area (Å²) in [5.74, 6) is -5.69. The van der Waals surface area contributed by atoms with E-state index in [0.717, 1.165) is 0 Å². The second-order valence-electron chi connectivity index (χ2n) is 6.86. The predicted octanol–water partition coefficient (Wildman–Crippen LogP) is -4.17. The molecular formula is C17H31N5O9. The highest BCUT2D eigenvalue weighted by Crippen LogP contribution is 2.04. The predicted molar refractivity (Wildman–Crippen MR) is 105 cm³/mol. The van der Waals surface area contributed by atoms with E-state index in [9.17, 15) is 29.1 Å². The van der Waals surface area contributed by atoms with Crippen molar-refractivity contribution in [2.75, 3.05) is 13.2 Å². The van der Waals surface area contributed by atoms with Crippen LogP contribution in [0.25, 0.3) is 0 Å². The number of hydrogen-bond donors (Lipinski definition) is 9. The third-order valence-electron chi connectivity index (χ3n) is 4.17. The van der Waals surface area contributed by atoms with Gasteiger partial charge in [0.05, 0.1) is 25.2 Å². The third-order valence-corrected chi connectivity index (χ3v) is 4.17. The number of unbranched alkanes of at least 4 members (excludes halogenated alkanes) is 1. The summed E-state index contributed by atoms with van der Waals surface area (Å²) in [6.45, 7) is 0.571. The van der Waals surface area contributed by atoms with Crippen molar-refractivity contribution in [3.63, 3.8) is 0 Å².